The smallest absolute Gasteiger partial charge is 0.319 e. The fourth-order valence-electron chi connectivity index (χ4n) is 1.96. The van der Waals surface area contributed by atoms with Crippen molar-refractivity contribution in [3.63, 3.8) is 0 Å². The SMILES string of the molecule is CN(C)C(CNC(=O)Nc1ccc(Cl)c(F)c1)c1cccs1. The lowest BCUT2D eigenvalue weighted by Gasteiger charge is -2.23. The van der Waals surface area contributed by atoms with Crippen LogP contribution in [0.3, 0.4) is 0 Å². The molecule has 0 aliphatic rings. The van der Waals surface area contributed by atoms with Crippen molar-refractivity contribution in [2.45, 2.75) is 6.04 Å². The summed E-state index contributed by atoms with van der Waals surface area (Å²) < 4.78 is 13.3. The van der Waals surface area contributed by atoms with Gasteiger partial charge >= 0.3 is 6.03 Å². The zero-order valence-electron chi connectivity index (χ0n) is 12.3. The third-order valence-electron chi connectivity index (χ3n) is 3.13. The number of halogens is 2. The zero-order valence-corrected chi connectivity index (χ0v) is 13.8. The Hall–Kier alpha value is -1.63. The van der Waals surface area contributed by atoms with E-state index in [0.717, 1.165) is 0 Å². The van der Waals surface area contributed by atoms with Crippen LogP contribution in [0, 0.1) is 5.82 Å². The number of anilines is 1. The predicted molar refractivity (Wildman–Crippen MR) is 89.2 cm³/mol. The van der Waals surface area contributed by atoms with E-state index in [0.29, 0.717) is 12.2 Å². The number of carbonyl (C=O) groups is 1. The van der Waals surface area contributed by atoms with Crippen molar-refractivity contribution >= 4 is 34.7 Å². The van der Waals surface area contributed by atoms with Crippen LogP contribution in [-0.4, -0.2) is 31.6 Å². The van der Waals surface area contributed by atoms with Crippen molar-refractivity contribution < 1.29 is 9.18 Å². The number of hydrogen-bond acceptors (Lipinski definition) is 3. The number of carbonyl (C=O) groups excluding carboxylic acids is 1. The summed E-state index contributed by atoms with van der Waals surface area (Å²) in [6, 6.07) is 7.85. The molecule has 7 heteroatoms. The highest BCUT2D eigenvalue weighted by molar-refractivity contribution is 7.10. The van der Waals surface area contributed by atoms with E-state index in [1.54, 1.807) is 17.4 Å². The summed E-state index contributed by atoms with van der Waals surface area (Å²) >= 11 is 7.25. The molecule has 2 amide bonds. The van der Waals surface area contributed by atoms with E-state index in [2.05, 4.69) is 10.6 Å². The molecule has 0 radical (unpaired) electrons. The van der Waals surface area contributed by atoms with Gasteiger partial charge in [-0.2, -0.15) is 0 Å². The number of likely N-dealkylation sites (N-methyl/N-ethyl adjacent to an activating group) is 1. The molecule has 2 aromatic rings. The van der Waals surface area contributed by atoms with Gasteiger partial charge in [0, 0.05) is 17.1 Å². The van der Waals surface area contributed by atoms with E-state index in [1.165, 1.54) is 17.0 Å². The molecule has 2 N–H and O–H groups in total. The lowest BCUT2D eigenvalue weighted by Crippen LogP contribution is -2.36. The van der Waals surface area contributed by atoms with Crippen LogP contribution in [0.4, 0.5) is 14.9 Å². The molecule has 0 saturated heterocycles. The highest BCUT2D eigenvalue weighted by atomic mass is 35.5. The Morgan fingerprint density at radius 3 is 2.77 bits per heavy atom. The van der Waals surface area contributed by atoms with Gasteiger partial charge in [0.25, 0.3) is 0 Å². The Kier molecular flexibility index (Phi) is 5.76. The van der Waals surface area contributed by atoms with Crippen LogP contribution in [0.15, 0.2) is 35.7 Å². The summed E-state index contributed by atoms with van der Waals surface area (Å²) in [7, 11) is 3.91. The van der Waals surface area contributed by atoms with Gasteiger partial charge in [0.2, 0.25) is 0 Å². The van der Waals surface area contributed by atoms with Crippen LogP contribution in [-0.2, 0) is 0 Å². The second kappa shape index (κ2) is 7.58. The molecular weight excluding hydrogens is 325 g/mol. The predicted octanol–water partition coefficient (Wildman–Crippen LogP) is 3.97. The van der Waals surface area contributed by atoms with Crippen molar-refractivity contribution in [2.75, 3.05) is 26.0 Å². The molecule has 1 aromatic heterocycles. The van der Waals surface area contributed by atoms with E-state index >= 15 is 0 Å². The summed E-state index contributed by atoms with van der Waals surface area (Å²) in [6.45, 7) is 0.454. The Balaban J connectivity index is 1.92. The molecule has 0 aliphatic heterocycles. The maximum atomic E-state index is 13.3. The highest BCUT2D eigenvalue weighted by Crippen LogP contribution is 2.22. The van der Waals surface area contributed by atoms with E-state index in [1.807, 2.05) is 36.5 Å². The average Bonchev–Trinajstić information content (AvgIpc) is 2.97. The number of benzene rings is 1. The van der Waals surface area contributed by atoms with Crippen LogP contribution in [0.5, 0.6) is 0 Å². The first-order valence-corrected chi connectivity index (χ1v) is 7.93. The Bertz CT molecular complexity index is 634. The first-order valence-electron chi connectivity index (χ1n) is 6.67. The van der Waals surface area contributed by atoms with Crippen LogP contribution in [0.2, 0.25) is 5.02 Å². The van der Waals surface area contributed by atoms with Gasteiger partial charge in [0.15, 0.2) is 0 Å². The monoisotopic (exact) mass is 341 g/mol. The molecule has 1 unspecified atom stereocenters. The summed E-state index contributed by atoms with van der Waals surface area (Å²) in [4.78, 5) is 15.1. The molecular formula is C15H17ClFN3OS. The molecule has 22 heavy (non-hydrogen) atoms. The molecule has 0 bridgehead atoms. The van der Waals surface area contributed by atoms with Crippen LogP contribution in [0.25, 0.3) is 0 Å². The fraction of sp³-hybridized carbons (Fsp3) is 0.267. The van der Waals surface area contributed by atoms with Gasteiger partial charge in [-0.3, -0.25) is 0 Å². The molecule has 1 aromatic carbocycles. The summed E-state index contributed by atoms with van der Waals surface area (Å²) in [5, 5.41) is 7.41. The van der Waals surface area contributed by atoms with Gasteiger partial charge in [0.1, 0.15) is 5.82 Å². The van der Waals surface area contributed by atoms with E-state index < -0.39 is 5.82 Å². The van der Waals surface area contributed by atoms with Crippen LogP contribution < -0.4 is 10.6 Å². The van der Waals surface area contributed by atoms with Crippen molar-refractivity contribution in [2.24, 2.45) is 0 Å². The number of nitrogens with one attached hydrogen (secondary N) is 2. The quantitative estimate of drug-likeness (QED) is 0.864. The molecule has 4 nitrogen and oxygen atoms in total. The van der Waals surface area contributed by atoms with Crippen molar-refractivity contribution in [3.05, 3.63) is 51.4 Å². The first-order chi connectivity index (χ1) is 10.5. The van der Waals surface area contributed by atoms with Gasteiger partial charge in [-0.25, -0.2) is 9.18 Å². The number of urea groups is 1. The standard InChI is InChI=1S/C15H17ClFN3OS/c1-20(2)13(14-4-3-7-22-14)9-18-15(21)19-10-5-6-11(16)12(17)8-10/h3-8,13H,9H2,1-2H3,(H2,18,19,21). The number of thiophene rings is 1. The Morgan fingerprint density at radius 2 is 2.18 bits per heavy atom. The van der Waals surface area contributed by atoms with E-state index in [4.69, 9.17) is 11.6 Å². The topological polar surface area (TPSA) is 44.4 Å². The van der Waals surface area contributed by atoms with E-state index in [9.17, 15) is 9.18 Å². The fourth-order valence-corrected chi connectivity index (χ4v) is 3.00. The Labute approximate surface area is 137 Å². The lowest BCUT2D eigenvalue weighted by molar-refractivity contribution is 0.244. The number of rotatable bonds is 5. The summed E-state index contributed by atoms with van der Waals surface area (Å²) in [6.07, 6.45) is 0. The first kappa shape index (κ1) is 16.7. The molecule has 0 saturated carbocycles. The third-order valence-corrected chi connectivity index (χ3v) is 4.41. The number of nitrogens with zero attached hydrogens (tertiary/aromatic N) is 1. The van der Waals surface area contributed by atoms with Gasteiger partial charge in [-0.05, 0) is 43.7 Å². The minimum absolute atomic E-state index is 0.0244. The molecule has 0 spiro atoms. The summed E-state index contributed by atoms with van der Waals surface area (Å²) in [5.41, 5.74) is 0.358. The van der Waals surface area contributed by atoms with Crippen molar-refractivity contribution in [1.29, 1.82) is 0 Å². The molecule has 1 heterocycles. The van der Waals surface area contributed by atoms with E-state index in [-0.39, 0.29) is 17.1 Å². The molecule has 118 valence electrons. The maximum Gasteiger partial charge on any atom is 0.319 e. The average molecular weight is 342 g/mol. The zero-order chi connectivity index (χ0) is 16.1. The van der Waals surface area contributed by atoms with Crippen molar-refractivity contribution in [1.82, 2.24) is 10.2 Å². The van der Waals surface area contributed by atoms with Gasteiger partial charge in [0.05, 0.1) is 11.1 Å². The molecule has 0 fully saturated rings. The second-order valence-electron chi connectivity index (χ2n) is 4.96. The summed E-state index contributed by atoms with van der Waals surface area (Å²) in [5.74, 6) is -0.566. The molecule has 2 rings (SSSR count). The minimum Gasteiger partial charge on any atom is -0.336 e. The second-order valence-corrected chi connectivity index (χ2v) is 6.35. The van der Waals surface area contributed by atoms with Gasteiger partial charge in [-0.15, -0.1) is 11.3 Å². The maximum absolute atomic E-state index is 13.3. The lowest BCUT2D eigenvalue weighted by atomic mass is 10.2. The normalized spacial score (nSPS) is 12.2. The third kappa shape index (κ3) is 4.43. The Morgan fingerprint density at radius 1 is 1.41 bits per heavy atom. The van der Waals surface area contributed by atoms with Gasteiger partial charge in [-0.1, -0.05) is 17.7 Å². The van der Waals surface area contributed by atoms with Gasteiger partial charge < -0.3 is 15.5 Å². The van der Waals surface area contributed by atoms with Crippen LogP contribution >= 0.6 is 22.9 Å². The molecule has 1 atom stereocenters. The minimum atomic E-state index is -0.566. The highest BCUT2D eigenvalue weighted by Gasteiger charge is 2.16. The number of hydrogen-bond donors (Lipinski definition) is 2. The largest absolute Gasteiger partial charge is 0.336 e. The number of amides is 2. The van der Waals surface area contributed by atoms with Crippen molar-refractivity contribution in [3.8, 4) is 0 Å². The van der Waals surface area contributed by atoms with Crippen LogP contribution in [0.1, 0.15) is 10.9 Å². The molecule has 0 aliphatic carbocycles.